The summed E-state index contributed by atoms with van der Waals surface area (Å²) in [5, 5.41) is 6.01. The van der Waals surface area contributed by atoms with Crippen LogP contribution >= 0.6 is 11.6 Å². The van der Waals surface area contributed by atoms with Crippen molar-refractivity contribution < 1.29 is 19.1 Å². The molecule has 0 aromatic heterocycles. The summed E-state index contributed by atoms with van der Waals surface area (Å²) in [4.78, 5) is 41.8. The number of benzene rings is 2. The number of nitrogens with zero attached hydrogens (tertiary/aromatic N) is 1. The van der Waals surface area contributed by atoms with Gasteiger partial charge in [0, 0.05) is 6.04 Å². The third kappa shape index (κ3) is 7.96. The topological polar surface area (TPSA) is 87.7 Å². The molecule has 0 heterocycles. The zero-order valence-electron chi connectivity index (χ0n) is 23.4. The first-order valence-electron chi connectivity index (χ1n) is 12.6. The van der Waals surface area contributed by atoms with E-state index in [1.165, 1.54) is 0 Å². The molecule has 2 N–H and O–H groups in total. The average molecular weight is 530 g/mol. The average Bonchev–Trinajstić information content (AvgIpc) is 2.78. The second-order valence-electron chi connectivity index (χ2n) is 10.6. The van der Waals surface area contributed by atoms with E-state index in [1.807, 2.05) is 65.0 Å². The largest absolute Gasteiger partial charge is 0.444 e. The lowest BCUT2D eigenvalue weighted by Gasteiger charge is -2.38. The van der Waals surface area contributed by atoms with Gasteiger partial charge in [-0.3, -0.25) is 9.59 Å². The fraction of sp³-hybridized carbons (Fsp3) is 0.483. The minimum absolute atomic E-state index is 0.306. The molecule has 3 atom stereocenters. The molecule has 0 bridgehead atoms. The van der Waals surface area contributed by atoms with Crippen LogP contribution in [0.2, 0.25) is 5.02 Å². The quantitative estimate of drug-likeness (QED) is 0.409. The molecule has 202 valence electrons. The molecule has 0 aliphatic rings. The molecule has 2 aromatic rings. The minimum Gasteiger partial charge on any atom is -0.444 e. The van der Waals surface area contributed by atoms with Crippen molar-refractivity contribution in [2.24, 2.45) is 0 Å². The predicted molar refractivity (Wildman–Crippen MR) is 149 cm³/mol. The van der Waals surface area contributed by atoms with E-state index in [9.17, 15) is 14.4 Å². The van der Waals surface area contributed by atoms with E-state index in [-0.39, 0.29) is 11.9 Å². The number of alkyl carbamates (subject to hydrolysis) is 1. The van der Waals surface area contributed by atoms with E-state index in [2.05, 4.69) is 10.6 Å². The van der Waals surface area contributed by atoms with Crippen LogP contribution in [0.4, 0.5) is 10.5 Å². The number of carbonyl (C=O) groups is 3. The number of rotatable bonds is 8. The molecule has 37 heavy (non-hydrogen) atoms. The highest BCUT2D eigenvalue weighted by Crippen LogP contribution is 2.32. The van der Waals surface area contributed by atoms with Gasteiger partial charge in [-0.05, 0) is 84.6 Å². The maximum absolute atomic E-state index is 14.0. The summed E-state index contributed by atoms with van der Waals surface area (Å²) in [5.41, 5.74) is 3.22. The van der Waals surface area contributed by atoms with Gasteiger partial charge in [0.2, 0.25) is 5.91 Å². The Balaban J connectivity index is 2.56. The van der Waals surface area contributed by atoms with Crippen LogP contribution in [0.5, 0.6) is 0 Å². The van der Waals surface area contributed by atoms with Crippen molar-refractivity contribution in [3.8, 4) is 0 Å². The van der Waals surface area contributed by atoms with Crippen molar-refractivity contribution in [2.45, 2.75) is 92.5 Å². The van der Waals surface area contributed by atoms with Crippen LogP contribution in [0.25, 0.3) is 0 Å². The summed E-state index contributed by atoms with van der Waals surface area (Å²) < 4.78 is 5.34. The first-order valence-corrected chi connectivity index (χ1v) is 13.0. The maximum Gasteiger partial charge on any atom is 0.408 e. The molecule has 3 unspecified atom stereocenters. The molecule has 0 radical (unpaired) electrons. The van der Waals surface area contributed by atoms with Crippen LogP contribution in [0.1, 0.15) is 76.3 Å². The summed E-state index contributed by atoms with van der Waals surface area (Å²) in [6.07, 6.45) is -0.0956. The molecule has 8 heteroatoms. The van der Waals surface area contributed by atoms with E-state index in [1.54, 1.807) is 38.7 Å². The van der Waals surface area contributed by atoms with Crippen LogP contribution in [-0.4, -0.2) is 40.5 Å². The lowest BCUT2D eigenvalue weighted by molar-refractivity contribution is -0.143. The molecule has 3 amide bonds. The third-order valence-corrected chi connectivity index (χ3v) is 6.46. The van der Waals surface area contributed by atoms with Crippen molar-refractivity contribution in [3.63, 3.8) is 0 Å². The highest BCUT2D eigenvalue weighted by Gasteiger charge is 2.38. The Morgan fingerprint density at radius 3 is 2.22 bits per heavy atom. The van der Waals surface area contributed by atoms with Gasteiger partial charge in [0.15, 0.2) is 0 Å². The molecule has 0 aliphatic carbocycles. The first-order chi connectivity index (χ1) is 17.2. The number of hydrogen-bond acceptors (Lipinski definition) is 4. The number of halogens is 1. The van der Waals surface area contributed by atoms with Gasteiger partial charge < -0.3 is 20.3 Å². The van der Waals surface area contributed by atoms with Crippen molar-refractivity contribution >= 4 is 35.2 Å². The molecule has 0 spiro atoms. The second kappa shape index (κ2) is 12.5. The number of carbonyl (C=O) groups excluding carboxylic acids is 3. The predicted octanol–water partition coefficient (Wildman–Crippen LogP) is 6.49. The fourth-order valence-electron chi connectivity index (χ4n) is 4.10. The number of para-hydroxylation sites is 1. The first kappa shape index (κ1) is 30.2. The zero-order chi connectivity index (χ0) is 28.1. The van der Waals surface area contributed by atoms with Gasteiger partial charge >= 0.3 is 6.09 Å². The second-order valence-corrected chi connectivity index (χ2v) is 11.0. The molecule has 2 aromatic carbocycles. The monoisotopic (exact) mass is 529 g/mol. The van der Waals surface area contributed by atoms with Gasteiger partial charge in [-0.1, -0.05) is 54.4 Å². The summed E-state index contributed by atoms with van der Waals surface area (Å²) in [5.74, 6) is -0.780. The van der Waals surface area contributed by atoms with E-state index in [0.717, 1.165) is 16.7 Å². The van der Waals surface area contributed by atoms with Gasteiger partial charge in [-0.2, -0.15) is 0 Å². The van der Waals surface area contributed by atoms with Crippen LogP contribution in [0.3, 0.4) is 0 Å². The zero-order valence-corrected chi connectivity index (χ0v) is 24.1. The minimum atomic E-state index is -0.957. The number of hydrogen-bond donors (Lipinski definition) is 2. The Morgan fingerprint density at radius 1 is 1.03 bits per heavy atom. The van der Waals surface area contributed by atoms with Crippen molar-refractivity contribution in [3.05, 3.63) is 63.7 Å². The Labute approximate surface area is 225 Å². The molecular weight excluding hydrogens is 490 g/mol. The standard InChI is InChI=1S/C29H40ClN3O4/c1-10-20(5)33(27(35)21(6)31-28(36)37-29(7,8)9)25(22-15-14-17(2)16-19(22)4)26(34)32-24-18(3)12-11-13-23(24)30/h11-16,20-21,25H,10H2,1-9H3,(H,31,36)(H,32,34). The number of nitrogens with one attached hydrogen (secondary N) is 2. The molecule has 0 fully saturated rings. The van der Waals surface area contributed by atoms with E-state index in [4.69, 9.17) is 16.3 Å². The normalized spacial score (nSPS) is 13.8. The summed E-state index contributed by atoms with van der Waals surface area (Å²) in [6, 6.07) is 8.98. The Hall–Kier alpha value is -3.06. The lowest BCUT2D eigenvalue weighted by Crippen LogP contribution is -2.54. The summed E-state index contributed by atoms with van der Waals surface area (Å²) in [6.45, 7) is 16.4. The van der Waals surface area contributed by atoms with Crippen LogP contribution in [-0.2, 0) is 14.3 Å². The highest BCUT2D eigenvalue weighted by molar-refractivity contribution is 6.34. The van der Waals surface area contributed by atoms with Gasteiger partial charge in [0.1, 0.15) is 17.7 Å². The molecular formula is C29H40ClN3O4. The fourth-order valence-corrected chi connectivity index (χ4v) is 4.37. The van der Waals surface area contributed by atoms with Gasteiger partial charge in [0.25, 0.3) is 5.91 Å². The van der Waals surface area contributed by atoms with Gasteiger partial charge in [-0.25, -0.2) is 4.79 Å². The number of aryl methyl sites for hydroxylation is 3. The third-order valence-electron chi connectivity index (χ3n) is 6.14. The van der Waals surface area contributed by atoms with Crippen molar-refractivity contribution in [2.75, 3.05) is 5.32 Å². The maximum atomic E-state index is 14.0. The lowest BCUT2D eigenvalue weighted by atomic mass is 9.95. The van der Waals surface area contributed by atoms with Crippen LogP contribution < -0.4 is 10.6 Å². The van der Waals surface area contributed by atoms with Crippen molar-refractivity contribution in [1.29, 1.82) is 0 Å². The number of ether oxygens (including phenoxy) is 1. The summed E-state index contributed by atoms with van der Waals surface area (Å²) in [7, 11) is 0. The van der Waals surface area contributed by atoms with Gasteiger partial charge in [0.05, 0.1) is 10.7 Å². The number of amides is 3. The van der Waals surface area contributed by atoms with E-state index >= 15 is 0 Å². The van der Waals surface area contributed by atoms with E-state index < -0.39 is 29.7 Å². The van der Waals surface area contributed by atoms with Crippen LogP contribution in [0, 0.1) is 20.8 Å². The molecule has 0 saturated carbocycles. The Morgan fingerprint density at radius 2 is 1.68 bits per heavy atom. The van der Waals surface area contributed by atoms with Gasteiger partial charge in [-0.15, -0.1) is 0 Å². The highest BCUT2D eigenvalue weighted by atomic mass is 35.5. The Kier molecular flexibility index (Phi) is 10.2. The molecule has 2 rings (SSSR count). The molecule has 0 saturated heterocycles. The molecule has 7 nitrogen and oxygen atoms in total. The Bertz CT molecular complexity index is 1120. The van der Waals surface area contributed by atoms with E-state index in [0.29, 0.717) is 22.7 Å². The van der Waals surface area contributed by atoms with Crippen LogP contribution in [0.15, 0.2) is 36.4 Å². The summed E-state index contributed by atoms with van der Waals surface area (Å²) >= 11 is 6.41. The van der Waals surface area contributed by atoms with Crippen molar-refractivity contribution in [1.82, 2.24) is 10.2 Å². The number of anilines is 1. The molecule has 0 aliphatic heterocycles. The smallest absolute Gasteiger partial charge is 0.408 e. The SMILES string of the molecule is CCC(C)N(C(=O)C(C)NC(=O)OC(C)(C)C)C(C(=O)Nc1c(C)cccc1Cl)c1ccc(C)cc1C.